The molecule has 1 aromatic carbocycles. The van der Waals surface area contributed by atoms with Crippen molar-refractivity contribution in [1.82, 2.24) is 0 Å². The van der Waals surface area contributed by atoms with Gasteiger partial charge in [0.05, 0.1) is 0 Å². The van der Waals surface area contributed by atoms with Gasteiger partial charge < -0.3 is 9.47 Å². The summed E-state index contributed by atoms with van der Waals surface area (Å²) in [6.45, 7) is 10.5. The highest BCUT2D eigenvalue weighted by atomic mass is 16.5. The van der Waals surface area contributed by atoms with Gasteiger partial charge in [0.15, 0.2) is 11.5 Å². The number of unbranched alkanes of at least 4 members (excludes halogenated alkanes) is 1. The minimum absolute atomic E-state index is 0.485. The zero-order chi connectivity index (χ0) is 13.2. The standard InChI is InChI=1S/C16H22O2/c1-4-7-8-14-9-10-15(17-11-5-2)16(13-14)18-12-6-3/h5-6,9-10,13H,2-4,7-8,11-12H2,1H3. The number of rotatable bonds is 9. The Kier molecular flexibility index (Phi) is 6.70. The molecule has 0 heterocycles. The van der Waals surface area contributed by atoms with Crippen molar-refractivity contribution in [2.24, 2.45) is 0 Å². The Hall–Kier alpha value is -1.70. The van der Waals surface area contributed by atoms with Crippen LogP contribution < -0.4 is 9.47 Å². The van der Waals surface area contributed by atoms with Gasteiger partial charge in [0, 0.05) is 0 Å². The van der Waals surface area contributed by atoms with Crippen LogP contribution in [0.1, 0.15) is 25.3 Å². The average Bonchev–Trinajstić information content (AvgIpc) is 2.41. The fourth-order valence-electron chi connectivity index (χ4n) is 1.62. The SMILES string of the molecule is C=CCOc1ccc(CCCC)cc1OCC=C. The van der Waals surface area contributed by atoms with Crippen LogP contribution in [-0.4, -0.2) is 13.2 Å². The minimum Gasteiger partial charge on any atom is -0.486 e. The summed E-state index contributed by atoms with van der Waals surface area (Å²) in [5, 5.41) is 0. The molecule has 2 heteroatoms. The Morgan fingerprint density at radius 1 is 1.06 bits per heavy atom. The lowest BCUT2D eigenvalue weighted by molar-refractivity contribution is 0.308. The molecule has 0 saturated heterocycles. The van der Waals surface area contributed by atoms with E-state index >= 15 is 0 Å². The number of benzene rings is 1. The van der Waals surface area contributed by atoms with Crippen LogP contribution in [0, 0.1) is 0 Å². The third kappa shape index (κ3) is 4.66. The highest BCUT2D eigenvalue weighted by Gasteiger charge is 2.06. The second-order valence-electron chi connectivity index (χ2n) is 4.08. The predicted molar refractivity (Wildman–Crippen MR) is 76.4 cm³/mol. The monoisotopic (exact) mass is 246 g/mol. The summed E-state index contributed by atoms with van der Waals surface area (Å²) in [4.78, 5) is 0. The molecule has 2 nitrogen and oxygen atoms in total. The van der Waals surface area contributed by atoms with Gasteiger partial charge in [-0.1, -0.05) is 44.7 Å². The first-order valence-corrected chi connectivity index (χ1v) is 6.42. The molecular weight excluding hydrogens is 224 g/mol. The van der Waals surface area contributed by atoms with Gasteiger partial charge in [-0.25, -0.2) is 0 Å². The van der Waals surface area contributed by atoms with Crippen molar-refractivity contribution in [3.05, 3.63) is 49.1 Å². The zero-order valence-electron chi connectivity index (χ0n) is 11.2. The first-order valence-electron chi connectivity index (χ1n) is 6.42. The molecule has 1 aromatic rings. The predicted octanol–water partition coefficient (Wildman–Crippen LogP) is 4.16. The first kappa shape index (κ1) is 14.4. The second kappa shape index (κ2) is 8.40. The van der Waals surface area contributed by atoms with E-state index in [0.29, 0.717) is 13.2 Å². The molecule has 1 rings (SSSR count). The third-order valence-electron chi connectivity index (χ3n) is 2.54. The van der Waals surface area contributed by atoms with Crippen LogP contribution in [0.4, 0.5) is 0 Å². The fourth-order valence-corrected chi connectivity index (χ4v) is 1.62. The maximum atomic E-state index is 5.63. The second-order valence-corrected chi connectivity index (χ2v) is 4.08. The van der Waals surface area contributed by atoms with E-state index in [1.54, 1.807) is 12.2 Å². The van der Waals surface area contributed by atoms with Crippen LogP contribution in [0.15, 0.2) is 43.5 Å². The van der Waals surface area contributed by atoms with Crippen LogP contribution in [0.25, 0.3) is 0 Å². The Labute approximate surface area is 110 Å². The number of hydrogen-bond acceptors (Lipinski definition) is 2. The van der Waals surface area contributed by atoms with Crippen molar-refractivity contribution < 1.29 is 9.47 Å². The minimum atomic E-state index is 0.485. The molecule has 0 saturated carbocycles. The summed E-state index contributed by atoms with van der Waals surface area (Å²) in [6.07, 6.45) is 6.91. The van der Waals surface area contributed by atoms with Crippen molar-refractivity contribution in [2.75, 3.05) is 13.2 Å². The number of aryl methyl sites for hydroxylation is 1. The molecule has 0 aliphatic heterocycles. The van der Waals surface area contributed by atoms with Gasteiger partial charge >= 0.3 is 0 Å². The molecule has 0 aromatic heterocycles. The zero-order valence-corrected chi connectivity index (χ0v) is 11.2. The van der Waals surface area contributed by atoms with Gasteiger partial charge in [0.1, 0.15) is 13.2 Å². The van der Waals surface area contributed by atoms with Crippen molar-refractivity contribution in [3.8, 4) is 11.5 Å². The van der Waals surface area contributed by atoms with E-state index in [9.17, 15) is 0 Å². The van der Waals surface area contributed by atoms with Crippen LogP contribution in [-0.2, 0) is 6.42 Å². The molecule has 0 spiro atoms. The van der Waals surface area contributed by atoms with Crippen molar-refractivity contribution in [1.29, 1.82) is 0 Å². The summed E-state index contributed by atoms with van der Waals surface area (Å²) in [7, 11) is 0. The Morgan fingerprint density at radius 3 is 2.33 bits per heavy atom. The lowest BCUT2D eigenvalue weighted by atomic mass is 10.1. The van der Waals surface area contributed by atoms with Gasteiger partial charge in [-0.05, 0) is 30.5 Å². The summed E-state index contributed by atoms with van der Waals surface area (Å²) in [5.41, 5.74) is 1.28. The van der Waals surface area contributed by atoms with E-state index in [-0.39, 0.29) is 0 Å². The van der Waals surface area contributed by atoms with Crippen LogP contribution in [0.5, 0.6) is 11.5 Å². The van der Waals surface area contributed by atoms with Crippen LogP contribution >= 0.6 is 0 Å². The van der Waals surface area contributed by atoms with E-state index in [4.69, 9.17) is 9.47 Å². The van der Waals surface area contributed by atoms with Gasteiger partial charge in [-0.2, -0.15) is 0 Å². The van der Waals surface area contributed by atoms with Gasteiger partial charge in [0.2, 0.25) is 0 Å². The Morgan fingerprint density at radius 2 is 1.72 bits per heavy atom. The fraction of sp³-hybridized carbons (Fsp3) is 0.375. The van der Waals surface area contributed by atoms with E-state index in [1.165, 1.54) is 18.4 Å². The van der Waals surface area contributed by atoms with E-state index in [1.807, 2.05) is 6.07 Å². The molecule has 98 valence electrons. The summed E-state index contributed by atoms with van der Waals surface area (Å²) < 4.78 is 11.2. The maximum Gasteiger partial charge on any atom is 0.161 e. The molecule has 0 aliphatic rings. The summed E-state index contributed by atoms with van der Waals surface area (Å²) in [5.74, 6) is 1.54. The van der Waals surface area contributed by atoms with Gasteiger partial charge in [-0.15, -0.1) is 0 Å². The van der Waals surface area contributed by atoms with Crippen molar-refractivity contribution >= 4 is 0 Å². The van der Waals surface area contributed by atoms with Gasteiger partial charge in [0.25, 0.3) is 0 Å². The average molecular weight is 246 g/mol. The Bertz CT molecular complexity index is 383. The lowest BCUT2D eigenvalue weighted by Crippen LogP contribution is -2.00. The van der Waals surface area contributed by atoms with E-state index in [2.05, 4.69) is 32.2 Å². The molecule has 0 fully saturated rings. The molecule has 0 aliphatic carbocycles. The lowest BCUT2D eigenvalue weighted by Gasteiger charge is -2.12. The molecule has 0 unspecified atom stereocenters. The molecular formula is C16H22O2. The normalized spacial score (nSPS) is 9.83. The first-order chi connectivity index (χ1) is 8.81. The van der Waals surface area contributed by atoms with E-state index < -0.39 is 0 Å². The van der Waals surface area contributed by atoms with Crippen LogP contribution in [0.2, 0.25) is 0 Å². The van der Waals surface area contributed by atoms with Crippen LogP contribution in [0.3, 0.4) is 0 Å². The van der Waals surface area contributed by atoms with Gasteiger partial charge in [-0.3, -0.25) is 0 Å². The van der Waals surface area contributed by atoms with Crippen molar-refractivity contribution in [2.45, 2.75) is 26.2 Å². The molecule has 0 amide bonds. The summed E-state index contributed by atoms with van der Waals surface area (Å²) in [6, 6.07) is 6.11. The summed E-state index contributed by atoms with van der Waals surface area (Å²) >= 11 is 0. The third-order valence-corrected chi connectivity index (χ3v) is 2.54. The Balaban J connectivity index is 2.80. The smallest absolute Gasteiger partial charge is 0.161 e. The maximum absolute atomic E-state index is 5.63. The van der Waals surface area contributed by atoms with Crippen molar-refractivity contribution in [3.63, 3.8) is 0 Å². The number of hydrogen-bond donors (Lipinski definition) is 0. The molecule has 0 radical (unpaired) electrons. The molecule has 0 atom stereocenters. The quantitative estimate of drug-likeness (QED) is 0.609. The highest BCUT2D eigenvalue weighted by Crippen LogP contribution is 2.29. The largest absolute Gasteiger partial charge is 0.486 e. The highest BCUT2D eigenvalue weighted by molar-refractivity contribution is 5.43. The van der Waals surface area contributed by atoms with E-state index in [0.717, 1.165) is 17.9 Å². The molecule has 0 N–H and O–H groups in total. The molecule has 0 bridgehead atoms. The number of ether oxygens (including phenoxy) is 2. The molecule has 18 heavy (non-hydrogen) atoms. The topological polar surface area (TPSA) is 18.5 Å².